The predicted octanol–water partition coefficient (Wildman–Crippen LogP) is 2.92. The van der Waals surface area contributed by atoms with Crippen LogP contribution in [0.25, 0.3) is 0 Å². The lowest BCUT2D eigenvalue weighted by Crippen LogP contribution is -1.99. The minimum absolute atomic E-state index is 0.707. The van der Waals surface area contributed by atoms with Gasteiger partial charge in [0.05, 0.1) is 15.9 Å². The van der Waals surface area contributed by atoms with Gasteiger partial charge >= 0.3 is 0 Å². The summed E-state index contributed by atoms with van der Waals surface area (Å²) in [6, 6.07) is 0. The van der Waals surface area contributed by atoms with Crippen LogP contribution in [0.1, 0.15) is 24.7 Å². The second kappa shape index (κ2) is 5.01. The maximum absolute atomic E-state index is 5.65. The molecule has 1 aromatic rings. The van der Waals surface area contributed by atoms with Crippen LogP contribution in [0.4, 0.5) is 0 Å². The molecule has 2 nitrogen and oxygen atoms in total. The second-order valence-corrected chi connectivity index (χ2v) is 4.15. The Morgan fingerprint density at radius 3 is 2.69 bits per heavy atom. The maximum Gasteiger partial charge on any atom is 0.0766 e. The number of hydrogen-bond donors (Lipinski definition) is 0. The van der Waals surface area contributed by atoms with Crippen LogP contribution in [0.3, 0.4) is 0 Å². The lowest BCUT2D eigenvalue weighted by atomic mass is 10.2. The van der Waals surface area contributed by atoms with Gasteiger partial charge in [-0.3, -0.25) is 4.68 Å². The first-order valence-electron chi connectivity index (χ1n) is 4.46. The largest absolute Gasteiger partial charge is 0.271 e. The van der Waals surface area contributed by atoms with Crippen LogP contribution in [0.5, 0.6) is 0 Å². The fourth-order valence-electron chi connectivity index (χ4n) is 1.33. The van der Waals surface area contributed by atoms with Gasteiger partial charge < -0.3 is 0 Å². The molecule has 0 spiro atoms. The first-order chi connectivity index (χ1) is 6.20. The van der Waals surface area contributed by atoms with Gasteiger partial charge in [-0.05, 0) is 35.2 Å². The summed E-state index contributed by atoms with van der Waals surface area (Å²) >= 11 is 9.22. The van der Waals surface area contributed by atoms with Crippen LogP contribution in [0.15, 0.2) is 4.47 Å². The molecule has 0 aliphatic heterocycles. The summed E-state index contributed by atoms with van der Waals surface area (Å²) in [5, 5.41) is 4.41. The van der Waals surface area contributed by atoms with Gasteiger partial charge in [-0.15, -0.1) is 11.6 Å². The highest BCUT2D eigenvalue weighted by Gasteiger charge is 2.11. The number of alkyl halides is 1. The number of rotatable bonds is 4. The average molecular weight is 266 g/mol. The standard InChI is InChI=1S/C9H14BrClN2/c1-3-7-9(10)8(5-4-6-11)13(2)12-7/h3-6H2,1-2H3. The molecule has 0 saturated heterocycles. The van der Waals surface area contributed by atoms with Crippen molar-refractivity contribution in [2.45, 2.75) is 26.2 Å². The van der Waals surface area contributed by atoms with E-state index < -0.39 is 0 Å². The van der Waals surface area contributed by atoms with Crippen molar-refractivity contribution in [1.29, 1.82) is 0 Å². The Hall–Kier alpha value is -0.0200. The summed E-state index contributed by atoms with van der Waals surface area (Å²) in [6.07, 6.45) is 2.96. The van der Waals surface area contributed by atoms with E-state index in [0.717, 1.165) is 29.4 Å². The average Bonchev–Trinajstić information content (AvgIpc) is 2.39. The molecule has 0 aliphatic carbocycles. The Labute approximate surface area is 92.4 Å². The molecule has 4 heteroatoms. The van der Waals surface area contributed by atoms with Crippen LogP contribution in [-0.2, 0) is 19.9 Å². The van der Waals surface area contributed by atoms with Gasteiger partial charge in [0.15, 0.2) is 0 Å². The molecule has 0 bridgehead atoms. The van der Waals surface area contributed by atoms with Gasteiger partial charge in [0.25, 0.3) is 0 Å². The van der Waals surface area contributed by atoms with Gasteiger partial charge in [0.1, 0.15) is 0 Å². The van der Waals surface area contributed by atoms with E-state index in [1.54, 1.807) is 0 Å². The normalized spacial score (nSPS) is 10.8. The van der Waals surface area contributed by atoms with Crippen molar-refractivity contribution < 1.29 is 0 Å². The SMILES string of the molecule is CCc1nn(C)c(CCCCl)c1Br. The van der Waals surface area contributed by atoms with Crippen LogP contribution in [-0.4, -0.2) is 15.7 Å². The van der Waals surface area contributed by atoms with Gasteiger partial charge in [-0.2, -0.15) is 5.10 Å². The van der Waals surface area contributed by atoms with E-state index in [9.17, 15) is 0 Å². The molecule has 0 aliphatic rings. The van der Waals surface area contributed by atoms with Gasteiger partial charge in [-0.25, -0.2) is 0 Å². The third-order valence-electron chi connectivity index (χ3n) is 2.05. The molecule has 0 saturated carbocycles. The van der Waals surface area contributed by atoms with E-state index in [-0.39, 0.29) is 0 Å². The summed E-state index contributed by atoms with van der Waals surface area (Å²) in [5.41, 5.74) is 2.38. The first-order valence-corrected chi connectivity index (χ1v) is 5.79. The molecular weight excluding hydrogens is 251 g/mol. The topological polar surface area (TPSA) is 17.8 Å². The monoisotopic (exact) mass is 264 g/mol. The van der Waals surface area contributed by atoms with E-state index in [2.05, 4.69) is 28.0 Å². The summed E-state index contributed by atoms with van der Waals surface area (Å²) in [5.74, 6) is 0.707. The molecule has 0 fully saturated rings. The van der Waals surface area contributed by atoms with E-state index in [4.69, 9.17) is 11.6 Å². The fourth-order valence-corrected chi connectivity index (χ4v) is 2.27. The van der Waals surface area contributed by atoms with Crippen molar-refractivity contribution in [3.8, 4) is 0 Å². The van der Waals surface area contributed by atoms with E-state index in [0.29, 0.717) is 5.88 Å². The molecule has 0 atom stereocenters. The highest BCUT2D eigenvalue weighted by molar-refractivity contribution is 9.10. The van der Waals surface area contributed by atoms with Crippen LogP contribution >= 0.6 is 27.5 Å². The third kappa shape index (κ3) is 2.47. The molecule has 1 heterocycles. The summed E-state index contributed by atoms with van der Waals surface area (Å²) in [4.78, 5) is 0. The highest BCUT2D eigenvalue weighted by Crippen LogP contribution is 2.22. The smallest absolute Gasteiger partial charge is 0.0766 e. The number of hydrogen-bond acceptors (Lipinski definition) is 1. The number of aryl methyl sites for hydroxylation is 2. The van der Waals surface area contributed by atoms with E-state index in [1.165, 1.54) is 5.69 Å². The first kappa shape index (κ1) is 11.1. The van der Waals surface area contributed by atoms with E-state index >= 15 is 0 Å². The number of aromatic nitrogens is 2. The molecular formula is C9H14BrClN2. The Bertz CT molecular complexity index is 283. The molecule has 0 N–H and O–H groups in total. The van der Waals surface area contributed by atoms with Gasteiger partial charge in [0, 0.05) is 12.9 Å². The van der Waals surface area contributed by atoms with Crippen molar-refractivity contribution in [3.05, 3.63) is 15.9 Å². The van der Waals surface area contributed by atoms with Gasteiger partial charge in [-0.1, -0.05) is 6.92 Å². The zero-order valence-electron chi connectivity index (χ0n) is 7.98. The Morgan fingerprint density at radius 2 is 2.23 bits per heavy atom. The molecule has 0 aromatic carbocycles. The highest BCUT2D eigenvalue weighted by atomic mass is 79.9. The molecule has 0 unspecified atom stereocenters. The lowest BCUT2D eigenvalue weighted by molar-refractivity contribution is 0.688. The number of halogens is 2. The summed E-state index contributed by atoms with van der Waals surface area (Å²) in [6.45, 7) is 2.11. The zero-order chi connectivity index (χ0) is 9.84. The predicted molar refractivity (Wildman–Crippen MR) is 59.3 cm³/mol. The van der Waals surface area contributed by atoms with Crippen molar-refractivity contribution in [1.82, 2.24) is 9.78 Å². The van der Waals surface area contributed by atoms with Crippen molar-refractivity contribution in [2.75, 3.05) is 5.88 Å². The van der Waals surface area contributed by atoms with Crippen LogP contribution in [0.2, 0.25) is 0 Å². The molecule has 13 heavy (non-hydrogen) atoms. The molecule has 1 aromatic heterocycles. The summed E-state index contributed by atoms with van der Waals surface area (Å²) < 4.78 is 3.10. The zero-order valence-corrected chi connectivity index (χ0v) is 10.3. The molecule has 1 rings (SSSR count). The summed E-state index contributed by atoms with van der Waals surface area (Å²) in [7, 11) is 1.98. The minimum atomic E-state index is 0.707. The number of nitrogens with zero attached hydrogens (tertiary/aromatic N) is 2. The Morgan fingerprint density at radius 1 is 1.54 bits per heavy atom. The third-order valence-corrected chi connectivity index (χ3v) is 3.23. The fraction of sp³-hybridized carbons (Fsp3) is 0.667. The maximum atomic E-state index is 5.65. The Kier molecular flexibility index (Phi) is 4.26. The van der Waals surface area contributed by atoms with E-state index in [1.807, 2.05) is 11.7 Å². The van der Waals surface area contributed by atoms with Crippen molar-refractivity contribution in [2.24, 2.45) is 7.05 Å². The van der Waals surface area contributed by atoms with Crippen molar-refractivity contribution in [3.63, 3.8) is 0 Å². The second-order valence-electron chi connectivity index (χ2n) is 2.98. The van der Waals surface area contributed by atoms with Crippen molar-refractivity contribution >= 4 is 27.5 Å². The minimum Gasteiger partial charge on any atom is -0.271 e. The van der Waals surface area contributed by atoms with Crippen LogP contribution in [0, 0.1) is 0 Å². The molecule has 0 amide bonds. The van der Waals surface area contributed by atoms with Crippen LogP contribution < -0.4 is 0 Å². The Balaban J connectivity index is 2.85. The molecule has 0 radical (unpaired) electrons. The quantitative estimate of drug-likeness (QED) is 0.766. The lowest BCUT2D eigenvalue weighted by Gasteiger charge is -1.99. The molecule has 74 valence electrons. The van der Waals surface area contributed by atoms with Gasteiger partial charge in [0.2, 0.25) is 0 Å².